The monoisotopic (exact) mass is 510 g/mol. The number of likely N-dealkylation sites (tertiary alicyclic amines) is 1. The Hall–Kier alpha value is -0.160. The standard InChI is InChI=1S/C20H38N4O3.HI/c1-3-21-20(22-14-19-15-24-9-4-6-17(24)16-27-19)23-10-7-18(8-11-23)26-13-5-12-25-2;/h17-19H,3-16H2,1-2H3,(H,21,22);1H. The number of guanidine groups is 1. The van der Waals surface area contributed by atoms with E-state index in [0.29, 0.717) is 12.1 Å². The largest absolute Gasteiger partial charge is 0.385 e. The van der Waals surface area contributed by atoms with Crippen molar-refractivity contribution >= 4 is 29.9 Å². The Balaban J connectivity index is 0.00000280. The summed E-state index contributed by atoms with van der Waals surface area (Å²) in [5, 5.41) is 3.46. The molecule has 1 N–H and O–H groups in total. The van der Waals surface area contributed by atoms with Crippen molar-refractivity contribution in [2.45, 2.75) is 57.3 Å². The summed E-state index contributed by atoms with van der Waals surface area (Å²) in [6, 6.07) is 0.654. The quantitative estimate of drug-likeness (QED) is 0.233. The van der Waals surface area contributed by atoms with Crippen molar-refractivity contribution in [2.75, 3.05) is 66.2 Å². The first-order chi connectivity index (χ1) is 13.3. The van der Waals surface area contributed by atoms with Gasteiger partial charge in [0.15, 0.2) is 5.96 Å². The summed E-state index contributed by atoms with van der Waals surface area (Å²) in [6.07, 6.45) is 6.31. The maximum absolute atomic E-state index is 6.06. The molecule has 2 unspecified atom stereocenters. The third-order valence-electron chi connectivity index (χ3n) is 5.83. The second kappa shape index (κ2) is 13.2. The molecule has 8 heteroatoms. The van der Waals surface area contributed by atoms with Gasteiger partial charge in [0.05, 0.1) is 25.4 Å². The summed E-state index contributed by atoms with van der Waals surface area (Å²) in [5.41, 5.74) is 0. The lowest BCUT2D eigenvalue weighted by atomic mass is 10.1. The number of ether oxygens (including phenoxy) is 3. The average molecular weight is 510 g/mol. The molecule has 0 aromatic heterocycles. The van der Waals surface area contributed by atoms with Crippen LogP contribution in [-0.2, 0) is 14.2 Å². The summed E-state index contributed by atoms with van der Waals surface area (Å²) < 4.78 is 17.1. The number of piperidine rings is 1. The molecule has 2 atom stereocenters. The zero-order chi connectivity index (χ0) is 18.9. The first-order valence-electron chi connectivity index (χ1n) is 10.8. The number of halogens is 1. The maximum atomic E-state index is 6.06. The fourth-order valence-electron chi connectivity index (χ4n) is 4.30. The molecule has 3 rings (SSSR count). The molecule has 3 heterocycles. The Kier molecular flexibility index (Phi) is 11.4. The number of nitrogens with one attached hydrogen (secondary N) is 1. The van der Waals surface area contributed by atoms with E-state index in [1.54, 1.807) is 7.11 Å². The average Bonchev–Trinajstić information content (AvgIpc) is 3.17. The molecular weight excluding hydrogens is 471 g/mol. The first kappa shape index (κ1) is 24.1. The molecule has 0 aromatic carbocycles. The zero-order valence-corrected chi connectivity index (χ0v) is 19.9. The molecule has 3 saturated heterocycles. The van der Waals surface area contributed by atoms with Gasteiger partial charge in [0.2, 0.25) is 0 Å². The van der Waals surface area contributed by atoms with E-state index in [4.69, 9.17) is 19.2 Å². The summed E-state index contributed by atoms with van der Waals surface area (Å²) >= 11 is 0. The van der Waals surface area contributed by atoms with Gasteiger partial charge < -0.3 is 24.4 Å². The van der Waals surface area contributed by atoms with Gasteiger partial charge in [0, 0.05) is 52.5 Å². The van der Waals surface area contributed by atoms with E-state index in [0.717, 1.165) is 77.8 Å². The van der Waals surface area contributed by atoms with Gasteiger partial charge in [-0.15, -0.1) is 24.0 Å². The van der Waals surface area contributed by atoms with Crippen LogP contribution in [0.15, 0.2) is 4.99 Å². The third kappa shape index (κ3) is 7.27. The molecule has 0 aromatic rings. The lowest BCUT2D eigenvalue weighted by molar-refractivity contribution is -0.0433. The first-order valence-corrected chi connectivity index (χ1v) is 10.8. The normalized spacial score (nSPS) is 26.8. The lowest BCUT2D eigenvalue weighted by Crippen LogP contribution is -2.49. The summed E-state index contributed by atoms with van der Waals surface area (Å²) in [5.74, 6) is 1.03. The van der Waals surface area contributed by atoms with Gasteiger partial charge in [0.25, 0.3) is 0 Å². The number of nitrogens with zero attached hydrogens (tertiary/aromatic N) is 3. The van der Waals surface area contributed by atoms with E-state index < -0.39 is 0 Å². The molecule has 3 aliphatic rings. The maximum Gasteiger partial charge on any atom is 0.194 e. The Bertz CT molecular complexity index is 461. The van der Waals surface area contributed by atoms with E-state index in [-0.39, 0.29) is 30.1 Å². The molecule has 3 fully saturated rings. The van der Waals surface area contributed by atoms with Crippen LogP contribution in [0.3, 0.4) is 0 Å². The van der Waals surface area contributed by atoms with E-state index in [1.165, 1.54) is 19.4 Å². The molecular formula is C20H39IN4O3. The molecule has 7 nitrogen and oxygen atoms in total. The van der Waals surface area contributed by atoms with E-state index in [2.05, 4.69) is 22.0 Å². The van der Waals surface area contributed by atoms with Gasteiger partial charge in [-0.05, 0) is 45.6 Å². The Morgan fingerprint density at radius 3 is 2.75 bits per heavy atom. The minimum Gasteiger partial charge on any atom is -0.385 e. The van der Waals surface area contributed by atoms with Crippen molar-refractivity contribution in [2.24, 2.45) is 4.99 Å². The van der Waals surface area contributed by atoms with Crippen molar-refractivity contribution < 1.29 is 14.2 Å². The van der Waals surface area contributed by atoms with Crippen LogP contribution in [0.5, 0.6) is 0 Å². The predicted octanol–water partition coefficient (Wildman–Crippen LogP) is 1.95. The molecule has 0 spiro atoms. The SMILES string of the molecule is CCNC(=NCC1CN2CCCC2CO1)N1CCC(OCCCOC)CC1.I. The second-order valence-electron chi connectivity index (χ2n) is 7.84. The van der Waals surface area contributed by atoms with Crippen molar-refractivity contribution in [3.05, 3.63) is 0 Å². The van der Waals surface area contributed by atoms with E-state index >= 15 is 0 Å². The summed E-state index contributed by atoms with van der Waals surface area (Å²) in [4.78, 5) is 9.87. The minimum absolute atomic E-state index is 0. The van der Waals surface area contributed by atoms with Crippen molar-refractivity contribution in [1.82, 2.24) is 15.1 Å². The highest BCUT2D eigenvalue weighted by atomic mass is 127. The van der Waals surface area contributed by atoms with E-state index in [1.807, 2.05) is 0 Å². The topological polar surface area (TPSA) is 58.6 Å². The van der Waals surface area contributed by atoms with Crippen LogP contribution in [0.25, 0.3) is 0 Å². The van der Waals surface area contributed by atoms with Gasteiger partial charge in [0.1, 0.15) is 0 Å². The van der Waals surface area contributed by atoms with Gasteiger partial charge in [-0.2, -0.15) is 0 Å². The number of rotatable bonds is 8. The molecule has 164 valence electrons. The smallest absolute Gasteiger partial charge is 0.194 e. The Morgan fingerprint density at radius 2 is 2.00 bits per heavy atom. The Labute approximate surface area is 187 Å². The highest BCUT2D eigenvalue weighted by Gasteiger charge is 2.32. The lowest BCUT2D eigenvalue weighted by Gasteiger charge is -2.36. The number of morpholine rings is 1. The summed E-state index contributed by atoms with van der Waals surface area (Å²) in [7, 11) is 1.74. The van der Waals surface area contributed by atoms with Gasteiger partial charge in [-0.25, -0.2) is 0 Å². The number of methoxy groups -OCH3 is 1. The van der Waals surface area contributed by atoms with Crippen molar-refractivity contribution in [3.8, 4) is 0 Å². The zero-order valence-electron chi connectivity index (χ0n) is 17.6. The molecule has 0 radical (unpaired) electrons. The van der Waals surface area contributed by atoms with Crippen LogP contribution in [0.2, 0.25) is 0 Å². The molecule has 0 aliphatic carbocycles. The highest BCUT2D eigenvalue weighted by molar-refractivity contribution is 14.0. The van der Waals surface area contributed by atoms with Crippen molar-refractivity contribution in [1.29, 1.82) is 0 Å². The predicted molar refractivity (Wildman–Crippen MR) is 123 cm³/mol. The fraction of sp³-hybridized carbons (Fsp3) is 0.950. The van der Waals surface area contributed by atoms with Crippen molar-refractivity contribution in [3.63, 3.8) is 0 Å². The second-order valence-corrected chi connectivity index (χ2v) is 7.84. The minimum atomic E-state index is 0. The van der Waals surface area contributed by atoms with Crippen LogP contribution >= 0.6 is 24.0 Å². The van der Waals surface area contributed by atoms with Crippen LogP contribution < -0.4 is 5.32 Å². The number of hydrogen-bond donors (Lipinski definition) is 1. The number of aliphatic imine (C=N–C) groups is 1. The number of fused-ring (bicyclic) bond motifs is 1. The van der Waals surface area contributed by atoms with Gasteiger partial charge in [-0.1, -0.05) is 0 Å². The Morgan fingerprint density at radius 1 is 1.18 bits per heavy atom. The molecule has 3 aliphatic heterocycles. The van der Waals surface area contributed by atoms with Gasteiger partial charge in [-0.3, -0.25) is 9.89 Å². The molecule has 28 heavy (non-hydrogen) atoms. The van der Waals surface area contributed by atoms with Crippen LogP contribution in [-0.4, -0.2) is 100 Å². The van der Waals surface area contributed by atoms with Crippen LogP contribution in [0, 0.1) is 0 Å². The molecule has 0 bridgehead atoms. The number of hydrogen-bond acceptors (Lipinski definition) is 5. The van der Waals surface area contributed by atoms with Gasteiger partial charge >= 0.3 is 0 Å². The molecule has 0 amide bonds. The summed E-state index contributed by atoms with van der Waals surface area (Å²) in [6.45, 7) is 10.5. The van der Waals surface area contributed by atoms with E-state index in [9.17, 15) is 0 Å². The molecule has 0 saturated carbocycles. The fourth-order valence-corrected chi connectivity index (χ4v) is 4.30. The van der Waals surface area contributed by atoms with Crippen LogP contribution in [0.1, 0.15) is 39.0 Å². The third-order valence-corrected chi connectivity index (χ3v) is 5.83. The van der Waals surface area contributed by atoms with Crippen LogP contribution in [0.4, 0.5) is 0 Å². The highest BCUT2D eigenvalue weighted by Crippen LogP contribution is 2.22.